The summed E-state index contributed by atoms with van der Waals surface area (Å²) < 4.78 is 0.515. The monoisotopic (exact) mass is 311 g/mol. The Balaban J connectivity index is 2.29. The van der Waals surface area contributed by atoms with E-state index in [1.165, 1.54) is 22.7 Å². The number of halogens is 1. The van der Waals surface area contributed by atoms with Crippen molar-refractivity contribution in [1.29, 1.82) is 0 Å². The van der Waals surface area contributed by atoms with Crippen LogP contribution in [0.5, 0.6) is 5.75 Å². The van der Waals surface area contributed by atoms with Gasteiger partial charge in [-0.05, 0) is 23.8 Å². The third kappa shape index (κ3) is 3.00. The number of amides is 1. The molecule has 1 aliphatic heterocycles. The van der Waals surface area contributed by atoms with Crippen molar-refractivity contribution in [2.75, 3.05) is 6.54 Å². The number of phenolic OH excluding ortho intramolecular Hbond substituents is 1. The molecule has 1 amide bonds. The lowest BCUT2D eigenvalue weighted by atomic mass is 10.2. The van der Waals surface area contributed by atoms with Gasteiger partial charge in [0, 0.05) is 6.54 Å². The average Bonchev–Trinajstić information content (AvgIpc) is 2.62. The Kier molecular flexibility index (Phi) is 4.29. The number of hydrogen-bond donors (Lipinski definition) is 1. The molecule has 0 spiro atoms. The van der Waals surface area contributed by atoms with Crippen LogP contribution in [-0.4, -0.2) is 26.8 Å². The van der Waals surface area contributed by atoms with Crippen LogP contribution in [0.4, 0.5) is 0 Å². The second kappa shape index (κ2) is 5.77. The number of thioether (sulfide) groups is 1. The molecule has 3 nitrogen and oxygen atoms in total. The quantitative estimate of drug-likeness (QED) is 0.527. The van der Waals surface area contributed by atoms with Gasteiger partial charge in [-0.1, -0.05) is 47.7 Å². The van der Waals surface area contributed by atoms with Gasteiger partial charge in [-0.25, -0.2) is 0 Å². The summed E-state index contributed by atoms with van der Waals surface area (Å²) in [6.07, 6.45) is 3.33. The first kappa shape index (κ1) is 14.1. The first-order chi connectivity index (χ1) is 9.02. The van der Waals surface area contributed by atoms with Crippen LogP contribution >= 0.6 is 35.6 Å². The fourth-order valence-corrected chi connectivity index (χ4v) is 3.01. The summed E-state index contributed by atoms with van der Waals surface area (Å²) in [7, 11) is 0. The number of phenols is 1. The average molecular weight is 312 g/mol. The Bertz CT molecular complexity index is 598. The zero-order valence-corrected chi connectivity index (χ0v) is 12.2. The zero-order valence-electron chi connectivity index (χ0n) is 9.80. The van der Waals surface area contributed by atoms with Gasteiger partial charge in [0.1, 0.15) is 10.1 Å². The number of carbonyl (C=O) groups is 1. The smallest absolute Gasteiger partial charge is 0.266 e. The van der Waals surface area contributed by atoms with Gasteiger partial charge in [-0.15, -0.1) is 6.58 Å². The second-order valence-corrected chi connectivity index (χ2v) is 5.87. The van der Waals surface area contributed by atoms with Gasteiger partial charge in [0.25, 0.3) is 5.91 Å². The van der Waals surface area contributed by atoms with Gasteiger partial charge in [0.15, 0.2) is 0 Å². The van der Waals surface area contributed by atoms with Gasteiger partial charge < -0.3 is 5.11 Å². The molecule has 1 aliphatic rings. The Hall–Kier alpha value is -1.30. The van der Waals surface area contributed by atoms with E-state index in [-0.39, 0.29) is 16.7 Å². The van der Waals surface area contributed by atoms with Crippen LogP contribution in [0.2, 0.25) is 5.02 Å². The highest BCUT2D eigenvalue weighted by atomic mass is 35.5. The van der Waals surface area contributed by atoms with Crippen molar-refractivity contribution in [2.24, 2.45) is 0 Å². The number of rotatable bonds is 3. The standard InChI is InChI=1S/C13H10ClNO2S2/c1-2-5-15-12(17)11(19-13(15)18)7-8-3-4-10(16)9(14)6-8/h2-4,6-7,16H,1,5H2/b11-7-. The van der Waals surface area contributed by atoms with Crippen molar-refractivity contribution in [3.63, 3.8) is 0 Å². The molecule has 0 radical (unpaired) electrons. The number of aromatic hydroxyl groups is 1. The lowest BCUT2D eigenvalue weighted by Gasteiger charge is -2.10. The van der Waals surface area contributed by atoms with E-state index in [0.29, 0.717) is 15.8 Å². The molecule has 0 saturated carbocycles. The van der Waals surface area contributed by atoms with Crippen molar-refractivity contribution < 1.29 is 9.90 Å². The van der Waals surface area contributed by atoms with Crippen LogP contribution < -0.4 is 0 Å². The van der Waals surface area contributed by atoms with Gasteiger partial charge in [-0.2, -0.15) is 0 Å². The minimum atomic E-state index is -0.140. The molecule has 0 aliphatic carbocycles. The van der Waals surface area contributed by atoms with Crippen molar-refractivity contribution in [1.82, 2.24) is 4.90 Å². The Morgan fingerprint density at radius 3 is 2.89 bits per heavy atom. The number of thiocarbonyl (C=S) groups is 1. The van der Waals surface area contributed by atoms with E-state index in [9.17, 15) is 9.90 Å². The topological polar surface area (TPSA) is 40.5 Å². The van der Waals surface area contributed by atoms with E-state index in [0.717, 1.165) is 5.56 Å². The third-order valence-electron chi connectivity index (χ3n) is 2.45. The molecule has 1 heterocycles. The van der Waals surface area contributed by atoms with E-state index in [4.69, 9.17) is 23.8 Å². The van der Waals surface area contributed by atoms with E-state index in [1.54, 1.807) is 24.3 Å². The molecular formula is C13H10ClNO2S2. The molecule has 1 N–H and O–H groups in total. The summed E-state index contributed by atoms with van der Waals surface area (Å²) in [5, 5.41) is 9.59. The second-order valence-electron chi connectivity index (χ2n) is 3.79. The molecule has 0 bridgehead atoms. The molecule has 1 fully saturated rings. The van der Waals surface area contributed by atoms with Crippen LogP contribution in [0.3, 0.4) is 0 Å². The predicted octanol–water partition coefficient (Wildman–Crippen LogP) is 3.43. The molecule has 0 atom stereocenters. The third-order valence-corrected chi connectivity index (χ3v) is 4.14. The molecule has 1 aromatic carbocycles. The van der Waals surface area contributed by atoms with Crippen LogP contribution in [0.15, 0.2) is 35.8 Å². The molecule has 0 aromatic heterocycles. The minimum absolute atomic E-state index is 0.0121. The molecular weight excluding hydrogens is 302 g/mol. The van der Waals surface area contributed by atoms with E-state index in [2.05, 4.69) is 6.58 Å². The molecule has 2 rings (SSSR count). The Morgan fingerprint density at radius 1 is 1.53 bits per heavy atom. The molecule has 98 valence electrons. The summed E-state index contributed by atoms with van der Waals surface area (Å²) >= 11 is 12.2. The maximum Gasteiger partial charge on any atom is 0.266 e. The van der Waals surface area contributed by atoms with Crippen molar-refractivity contribution in [3.05, 3.63) is 46.3 Å². The van der Waals surface area contributed by atoms with E-state index < -0.39 is 0 Å². The Labute approximate surface area is 125 Å². The largest absolute Gasteiger partial charge is 0.506 e. The molecule has 1 saturated heterocycles. The van der Waals surface area contributed by atoms with Crippen LogP contribution in [-0.2, 0) is 4.79 Å². The van der Waals surface area contributed by atoms with Crippen molar-refractivity contribution in [2.45, 2.75) is 0 Å². The van der Waals surface area contributed by atoms with Gasteiger partial charge in [0.2, 0.25) is 0 Å². The predicted molar refractivity (Wildman–Crippen MR) is 83.2 cm³/mol. The van der Waals surface area contributed by atoms with Gasteiger partial charge in [-0.3, -0.25) is 9.69 Å². The summed E-state index contributed by atoms with van der Waals surface area (Å²) in [4.78, 5) is 14.1. The van der Waals surface area contributed by atoms with Gasteiger partial charge in [0.05, 0.1) is 9.93 Å². The van der Waals surface area contributed by atoms with Crippen LogP contribution in [0.1, 0.15) is 5.56 Å². The van der Waals surface area contributed by atoms with Crippen LogP contribution in [0.25, 0.3) is 6.08 Å². The lowest BCUT2D eigenvalue weighted by Crippen LogP contribution is -2.27. The SMILES string of the molecule is C=CCN1C(=O)/C(=C/c2ccc(O)c(Cl)c2)SC1=S. The van der Waals surface area contributed by atoms with E-state index >= 15 is 0 Å². The Morgan fingerprint density at radius 2 is 2.26 bits per heavy atom. The highest BCUT2D eigenvalue weighted by molar-refractivity contribution is 8.26. The number of nitrogens with zero attached hydrogens (tertiary/aromatic N) is 1. The first-order valence-corrected chi connectivity index (χ1v) is 6.98. The van der Waals surface area contributed by atoms with Crippen molar-refractivity contribution >= 4 is 51.9 Å². The fraction of sp³-hybridized carbons (Fsp3) is 0.0769. The summed E-state index contributed by atoms with van der Waals surface area (Å²) in [6, 6.07) is 4.76. The minimum Gasteiger partial charge on any atom is -0.506 e. The molecule has 6 heteroatoms. The number of benzene rings is 1. The first-order valence-electron chi connectivity index (χ1n) is 5.37. The summed E-state index contributed by atoms with van der Waals surface area (Å²) in [5.41, 5.74) is 0.738. The van der Waals surface area contributed by atoms with Crippen molar-refractivity contribution in [3.8, 4) is 5.75 Å². The maximum atomic E-state index is 12.1. The summed E-state index contributed by atoms with van der Waals surface area (Å²) in [6.45, 7) is 4.00. The zero-order chi connectivity index (χ0) is 14.0. The highest BCUT2D eigenvalue weighted by Gasteiger charge is 2.30. The van der Waals surface area contributed by atoms with Crippen LogP contribution in [0, 0.1) is 0 Å². The van der Waals surface area contributed by atoms with E-state index in [1.807, 2.05) is 0 Å². The number of carbonyl (C=O) groups excluding carboxylic acids is 1. The normalized spacial score (nSPS) is 17.3. The lowest BCUT2D eigenvalue weighted by molar-refractivity contribution is -0.121. The summed E-state index contributed by atoms with van der Waals surface area (Å²) in [5.74, 6) is -0.128. The molecule has 1 aromatic rings. The molecule has 19 heavy (non-hydrogen) atoms. The molecule has 0 unspecified atom stereocenters. The highest BCUT2D eigenvalue weighted by Crippen LogP contribution is 2.33. The fourth-order valence-electron chi connectivity index (χ4n) is 1.55. The maximum absolute atomic E-state index is 12.1. The number of hydrogen-bond acceptors (Lipinski definition) is 4. The van der Waals surface area contributed by atoms with Gasteiger partial charge >= 0.3 is 0 Å².